The molecule has 0 saturated heterocycles. The topological polar surface area (TPSA) is 0 Å². The zero-order valence-corrected chi connectivity index (χ0v) is 6.62. The summed E-state index contributed by atoms with van der Waals surface area (Å²) in [6, 6.07) is 21.9. The third kappa shape index (κ3) is 1.37. The third-order valence-corrected chi connectivity index (χ3v) is 1.77. The maximum absolute atomic E-state index is 2.99. The largest absolute Gasteiger partial charge is 0.0538 e. The van der Waals surface area contributed by atoms with Crippen molar-refractivity contribution >= 4 is 0 Å². The van der Waals surface area contributed by atoms with Crippen molar-refractivity contribution in [3.05, 3.63) is 60.7 Å². The van der Waals surface area contributed by atoms with E-state index in [-0.39, 0.29) is 0 Å². The van der Waals surface area contributed by atoms with Gasteiger partial charge in [-0.05, 0) is 23.3 Å². The molecule has 12 heavy (non-hydrogen) atoms. The van der Waals surface area contributed by atoms with Gasteiger partial charge in [0.25, 0.3) is 0 Å². The van der Waals surface area contributed by atoms with Gasteiger partial charge in [0, 0.05) is 0 Å². The third-order valence-electron chi connectivity index (χ3n) is 1.77. The molecule has 0 spiro atoms. The standard InChI is InChI=1S/C12H8/c1-3-7-11(8-4-1)12-9-5-2-6-10-12/h3-10H. The number of benzene rings is 2. The average Bonchev–Trinajstić information content (AvgIpc) is 2.21. The van der Waals surface area contributed by atoms with Gasteiger partial charge in [0.1, 0.15) is 0 Å². The van der Waals surface area contributed by atoms with E-state index >= 15 is 0 Å². The molecule has 0 saturated carbocycles. The second kappa shape index (κ2) is 3.22. The predicted molar refractivity (Wildman–Crippen MR) is 49.6 cm³/mol. The Hall–Kier alpha value is -1.56. The van der Waals surface area contributed by atoms with Gasteiger partial charge < -0.3 is 0 Å². The highest BCUT2D eigenvalue weighted by Gasteiger charge is 1.92. The second-order valence-electron chi connectivity index (χ2n) is 2.58. The van der Waals surface area contributed by atoms with Crippen LogP contribution in [0.5, 0.6) is 0 Å². The van der Waals surface area contributed by atoms with Crippen molar-refractivity contribution in [3.8, 4) is 11.1 Å². The van der Waals surface area contributed by atoms with Gasteiger partial charge in [-0.15, -0.1) is 0 Å². The van der Waals surface area contributed by atoms with Crippen molar-refractivity contribution in [3.63, 3.8) is 0 Å². The predicted octanol–water partition coefficient (Wildman–Crippen LogP) is 2.95. The Kier molecular flexibility index (Phi) is 1.91. The van der Waals surface area contributed by atoms with Crippen LogP contribution in [0.2, 0.25) is 0 Å². The van der Waals surface area contributed by atoms with Gasteiger partial charge in [-0.2, -0.15) is 0 Å². The molecule has 0 heteroatoms. The van der Waals surface area contributed by atoms with Crippen molar-refractivity contribution in [1.29, 1.82) is 0 Å². The van der Waals surface area contributed by atoms with E-state index < -0.39 is 0 Å². The minimum atomic E-state index is 1.22. The first-order valence-electron chi connectivity index (χ1n) is 3.89. The summed E-state index contributed by atoms with van der Waals surface area (Å²) in [4.78, 5) is 0. The van der Waals surface area contributed by atoms with E-state index in [1.54, 1.807) is 0 Å². The van der Waals surface area contributed by atoms with Gasteiger partial charge >= 0.3 is 0 Å². The molecule has 2 radical (unpaired) electrons. The van der Waals surface area contributed by atoms with Crippen LogP contribution in [-0.2, 0) is 0 Å². The van der Waals surface area contributed by atoms with Crippen molar-refractivity contribution in [2.75, 3.05) is 0 Å². The van der Waals surface area contributed by atoms with Crippen LogP contribution in [0.4, 0.5) is 0 Å². The quantitative estimate of drug-likeness (QED) is 0.589. The SMILES string of the molecule is [c]1ccc(-c2cc[c]cc2)cc1. The van der Waals surface area contributed by atoms with Crippen LogP contribution in [-0.4, -0.2) is 0 Å². The molecule has 0 nitrogen and oxygen atoms in total. The average molecular weight is 152 g/mol. The number of hydrogen-bond donors (Lipinski definition) is 0. The lowest BCUT2D eigenvalue weighted by Crippen LogP contribution is -1.74. The molecule has 0 heterocycles. The Labute approximate surface area is 72.5 Å². The lowest BCUT2D eigenvalue weighted by Gasteiger charge is -1.98. The van der Waals surface area contributed by atoms with Gasteiger partial charge in [0.05, 0.1) is 0 Å². The highest BCUT2D eigenvalue weighted by Crippen LogP contribution is 2.16. The minimum absolute atomic E-state index is 1.22. The molecule has 0 fully saturated rings. The lowest BCUT2D eigenvalue weighted by molar-refractivity contribution is 1.61. The Bertz CT molecular complexity index is 297. The Balaban J connectivity index is 2.46. The van der Waals surface area contributed by atoms with Crippen LogP contribution in [0.15, 0.2) is 48.5 Å². The van der Waals surface area contributed by atoms with Crippen molar-refractivity contribution < 1.29 is 0 Å². The molecule has 0 bridgehead atoms. The molecule has 2 aromatic rings. The maximum atomic E-state index is 2.99. The molecule has 56 valence electrons. The summed E-state index contributed by atoms with van der Waals surface area (Å²) in [6.45, 7) is 0. The summed E-state index contributed by atoms with van der Waals surface area (Å²) in [6.07, 6.45) is 0. The van der Waals surface area contributed by atoms with Crippen LogP contribution >= 0.6 is 0 Å². The maximum Gasteiger partial charge on any atom is -0.0184 e. The monoisotopic (exact) mass is 152 g/mol. The molecular formula is C12H8. The fourth-order valence-electron chi connectivity index (χ4n) is 1.16. The van der Waals surface area contributed by atoms with Gasteiger partial charge in [-0.3, -0.25) is 0 Å². The molecule has 0 aliphatic carbocycles. The molecule has 0 aliphatic heterocycles. The molecular weight excluding hydrogens is 144 g/mol. The van der Waals surface area contributed by atoms with E-state index in [0.29, 0.717) is 0 Å². The summed E-state index contributed by atoms with van der Waals surface area (Å²) in [7, 11) is 0. The first kappa shape index (κ1) is 7.11. The van der Waals surface area contributed by atoms with Crippen LogP contribution in [0.3, 0.4) is 0 Å². The fourth-order valence-corrected chi connectivity index (χ4v) is 1.16. The minimum Gasteiger partial charge on any atom is -0.0538 e. The van der Waals surface area contributed by atoms with Crippen LogP contribution in [0, 0.1) is 12.1 Å². The van der Waals surface area contributed by atoms with E-state index in [2.05, 4.69) is 36.4 Å². The van der Waals surface area contributed by atoms with Crippen LogP contribution < -0.4 is 0 Å². The zero-order valence-electron chi connectivity index (χ0n) is 6.62. The van der Waals surface area contributed by atoms with Crippen LogP contribution in [0.1, 0.15) is 0 Å². The van der Waals surface area contributed by atoms with Crippen molar-refractivity contribution in [2.24, 2.45) is 0 Å². The van der Waals surface area contributed by atoms with Gasteiger partial charge in [-0.1, -0.05) is 48.5 Å². The van der Waals surface area contributed by atoms with E-state index in [9.17, 15) is 0 Å². The molecule has 0 amide bonds. The molecule has 2 aromatic carbocycles. The normalized spacial score (nSPS) is 9.67. The van der Waals surface area contributed by atoms with E-state index in [1.165, 1.54) is 11.1 Å². The summed E-state index contributed by atoms with van der Waals surface area (Å²) in [5, 5.41) is 0. The zero-order chi connectivity index (χ0) is 8.23. The summed E-state index contributed by atoms with van der Waals surface area (Å²) < 4.78 is 0. The van der Waals surface area contributed by atoms with E-state index in [4.69, 9.17) is 0 Å². The van der Waals surface area contributed by atoms with Crippen LogP contribution in [0.25, 0.3) is 11.1 Å². The molecule has 2 rings (SSSR count). The van der Waals surface area contributed by atoms with Crippen molar-refractivity contribution in [2.45, 2.75) is 0 Å². The fraction of sp³-hybridized carbons (Fsp3) is 0. The van der Waals surface area contributed by atoms with Gasteiger partial charge in [-0.25, -0.2) is 0 Å². The van der Waals surface area contributed by atoms with E-state index in [0.717, 1.165) is 0 Å². The highest BCUT2D eigenvalue weighted by atomic mass is 14.0. The second-order valence-corrected chi connectivity index (χ2v) is 2.58. The molecule has 0 atom stereocenters. The summed E-state index contributed by atoms with van der Waals surface area (Å²) in [5.41, 5.74) is 2.45. The summed E-state index contributed by atoms with van der Waals surface area (Å²) in [5.74, 6) is 0. The van der Waals surface area contributed by atoms with Gasteiger partial charge in [0.2, 0.25) is 0 Å². The molecule has 0 N–H and O–H groups in total. The first-order valence-corrected chi connectivity index (χ1v) is 3.89. The number of rotatable bonds is 1. The summed E-state index contributed by atoms with van der Waals surface area (Å²) >= 11 is 0. The molecule has 0 unspecified atom stereocenters. The molecule has 0 aliphatic rings. The lowest BCUT2D eigenvalue weighted by atomic mass is 10.1. The Morgan fingerprint density at radius 3 is 1.25 bits per heavy atom. The molecule has 0 aromatic heterocycles. The Morgan fingerprint density at radius 2 is 0.917 bits per heavy atom. The van der Waals surface area contributed by atoms with Gasteiger partial charge in [0.15, 0.2) is 0 Å². The van der Waals surface area contributed by atoms with E-state index in [1.807, 2.05) is 24.3 Å². The number of hydrogen-bond acceptors (Lipinski definition) is 0. The first-order chi connectivity index (χ1) is 5.97. The smallest absolute Gasteiger partial charge is 0.0184 e. The highest BCUT2D eigenvalue weighted by molar-refractivity contribution is 5.62. The van der Waals surface area contributed by atoms with Crippen molar-refractivity contribution in [1.82, 2.24) is 0 Å². The Morgan fingerprint density at radius 1 is 0.583 bits per heavy atom.